The molecule has 1 heterocycles. The third-order valence-corrected chi connectivity index (χ3v) is 8.67. The number of para-hydroxylation sites is 1. The number of anilines is 2. The Hall–Kier alpha value is -2.89. The molecule has 1 aliphatic heterocycles. The van der Waals surface area contributed by atoms with Gasteiger partial charge < -0.3 is 14.7 Å². The summed E-state index contributed by atoms with van der Waals surface area (Å²) in [5, 5.41) is 9.36. The predicted molar refractivity (Wildman–Crippen MR) is 125 cm³/mol. The second-order valence-corrected chi connectivity index (χ2v) is 11.9. The summed E-state index contributed by atoms with van der Waals surface area (Å²) in [5.41, 5.74) is -2.39. The van der Waals surface area contributed by atoms with E-state index in [4.69, 9.17) is 4.74 Å². The van der Waals surface area contributed by atoms with E-state index >= 15 is 0 Å². The van der Waals surface area contributed by atoms with E-state index in [1.165, 1.54) is 4.90 Å². The molecule has 2 aliphatic rings. The Balaban J connectivity index is 1.83. The smallest absolute Gasteiger partial charge is 0.420 e. The van der Waals surface area contributed by atoms with Crippen molar-refractivity contribution >= 4 is 27.2 Å². The number of aliphatic carboxylic acids is 1. The number of carboxylic acids is 1. The molecule has 0 radical (unpaired) electrons. The lowest BCUT2D eigenvalue weighted by Crippen LogP contribution is -2.27. The van der Waals surface area contributed by atoms with Crippen LogP contribution in [0.25, 0.3) is 0 Å². The number of benzene rings is 2. The van der Waals surface area contributed by atoms with Crippen LogP contribution in [0.15, 0.2) is 47.4 Å². The largest absolute Gasteiger partial charge is 0.492 e. The van der Waals surface area contributed by atoms with Crippen molar-refractivity contribution in [2.75, 3.05) is 23.8 Å². The van der Waals surface area contributed by atoms with Crippen molar-refractivity contribution < 1.29 is 45.0 Å². The maximum Gasteiger partial charge on any atom is 0.420 e. The van der Waals surface area contributed by atoms with Gasteiger partial charge in [0.15, 0.2) is 9.84 Å². The highest BCUT2D eigenvalue weighted by atomic mass is 32.2. The van der Waals surface area contributed by atoms with Crippen molar-refractivity contribution in [1.29, 1.82) is 0 Å². The Kier molecular flexibility index (Phi) is 6.93. The Morgan fingerprint density at radius 2 is 1.78 bits per heavy atom. The molecule has 4 rings (SSSR count). The molecule has 37 heavy (non-hydrogen) atoms. The maximum atomic E-state index is 14.1. The molecule has 0 aromatic heterocycles. The third-order valence-electron chi connectivity index (χ3n) is 6.76. The van der Waals surface area contributed by atoms with Crippen LogP contribution in [0.4, 0.5) is 33.3 Å². The third kappa shape index (κ3) is 6.00. The van der Waals surface area contributed by atoms with E-state index in [0.717, 1.165) is 13.0 Å². The number of halogens is 5. The average molecular weight is 548 g/mol. The molecule has 0 bridgehead atoms. The molecule has 2 aromatic rings. The van der Waals surface area contributed by atoms with Crippen molar-refractivity contribution in [2.24, 2.45) is 11.3 Å². The number of ether oxygens (including phenoxy) is 1. The summed E-state index contributed by atoms with van der Waals surface area (Å²) in [5.74, 6) is -6.34. The van der Waals surface area contributed by atoms with Crippen LogP contribution in [0, 0.1) is 11.3 Å². The summed E-state index contributed by atoms with van der Waals surface area (Å²) >= 11 is 0. The molecule has 0 amide bonds. The quantitative estimate of drug-likeness (QED) is 0.413. The van der Waals surface area contributed by atoms with Crippen LogP contribution >= 0.6 is 0 Å². The SMILES string of the molecule is CC(F)(F)CC[C@@H]1CN(c2ccccc2)c2cc(C(F)(F)F)c(OCC3(C(=O)O)CC3)cc2S(=O)(=O)C1. The lowest BCUT2D eigenvalue weighted by Gasteiger charge is -2.29. The molecule has 12 heteroatoms. The maximum absolute atomic E-state index is 14.1. The van der Waals surface area contributed by atoms with E-state index in [-0.39, 0.29) is 31.5 Å². The number of alkyl halides is 5. The van der Waals surface area contributed by atoms with Gasteiger partial charge in [-0.15, -0.1) is 0 Å². The summed E-state index contributed by atoms with van der Waals surface area (Å²) in [4.78, 5) is 12.5. The lowest BCUT2D eigenvalue weighted by molar-refractivity contribution is -0.144. The first-order valence-electron chi connectivity index (χ1n) is 11.7. The second kappa shape index (κ2) is 9.45. The van der Waals surface area contributed by atoms with Gasteiger partial charge in [0.1, 0.15) is 17.8 Å². The van der Waals surface area contributed by atoms with Crippen molar-refractivity contribution in [3.63, 3.8) is 0 Å². The van der Waals surface area contributed by atoms with Crippen molar-refractivity contribution in [3.05, 3.63) is 48.0 Å². The fourth-order valence-corrected chi connectivity index (χ4v) is 6.28. The minimum atomic E-state index is -4.94. The van der Waals surface area contributed by atoms with Gasteiger partial charge in [-0.3, -0.25) is 4.79 Å². The highest BCUT2D eigenvalue weighted by Gasteiger charge is 2.52. The zero-order valence-electron chi connectivity index (χ0n) is 19.9. The highest BCUT2D eigenvalue weighted by molar-refractivity contribution is 7.91. The number of nitrogens with zero attached hydrogens (tertiary/aromatic N) is 1. The molecule has 0 spiro atoms. The Morgan fingerprint density at radius 1 is 1.14 bits per heavy atom. The molecule has 1 saturated carbocycles. The number of fused-ring (bicyclic) bond motifs is 1. The number of carbonyl (C=O) groups is 1. The summed E-state index contributed by atoms with van der Waals surface area (Å²) in [7, 11) is -4.23. The van der Waals surface area contributed by atoms with Crippen LogP contribution in [-0.4, -0.2) is 44.3 Å². The van der Waals surface area contributed by atoms with Gasteiger partial charge in [0, 0.05) is 24.7 Å². The monoisotopic (exact) mass is 547 g/mol. The normalized spacial score (nSPS) is 20.6. The fraction of sp³-hybridized carbons (Fsp3) is 0.480. The molecule has 1 fully saturated rings. The number of sulfone groups is 1. The van der Waals surface area contributed by atoms with Crippen molar-refractivity contribution in [1.82, 2.24) is 0 Å². The minimum absolute atomic E-state index is 0.0913. The topological polar surface area (TPSA) is 83.9 Å². The van der Waals surface area contributed by atoms with Gasteiger partial charge in [0.2, 0.25) is 5.92 Å². The number of carboxylic acid groups (broad SMARTS) is 1. The molecule has 1 atom stereocenters. The van der Waals surface area contributed by atoms with Crippen molar-refractivity contribution in [3.8, 4) is 5.75 Å². The van der Waals surface area contributed by atoms with Crippen LogP contribution in [-0.2, 0) is 20.8 Å². The van der Waals surface area contributed by atoms with E-state index in [1.54, 1.807) is 30.3 Å². The van der Waals surface area contributed by atoms with E-state index in [9.17, 15) is 40.3 Å². The number of hydrogen-bond acceptors (Lipinski definition) is 5. The Labute approximate surface area is 211 Å². The molecular weight excluding hydrogens is 521 g/mol. The summed E-state index contributed by atoms with van der Waals surface area (Å²) in [6, 6.07) is 9.61. The van der Waals surface area contributed by atoms with Gasteiger partial charge in [-0.2, -0.15) is 13.2 Å². The molecular formula is C25H26F5NO5S. The van der Waals surface area contributed by atoms with Gasteiger partial charge in [0.05, 0.1) is 21.9 Å². The van der Waals surface area contributed by atoms with Crippen LogP contribution in [0.2, 0.25) is 0 Å². The second-order valence-electron chi connectivity index (χ2n) is 9.89. The first kappa shape index (κ1) is 27.2. The van der Waals surface area contributed by atoms with E-state index in [1.807, 2.05) is 0 Å². The molecule has 202 valence electrons. The average Bonchev–Trinajstić information content (AvgIpc) is 3.60. The first-order valence-corrected chi connectivity index (χ1v) is 13.3. The van der Waals surface area contributed by atoms with Gasteiger partial charge >= 0.3 is 12.1 Å². The zero-order chi connectivity index (χ0) is 27.2. The van der Waals surface area contributed by atoms with Gasteiger partial charge in [-0.05, 0) is 50.3 Å². The zero-order valence-corrected chi connectivity index (χ0v) is 20.7. The van der Waals surface area contributed by atoms with E-state index < -0.39 is 74.2 Å². The van der Waals surface area contributed by atoms with Crippen LogP contribution in [0.3, 0.4) is 0 Å². The van der Waals surface area contributed by atoms with Gasteiger partial charge in [-0.25, -0.2) is 17.2 Å². The molecule has 1 aliphatic carbocycles. The molecule has 2 aromatic carbocycles. The van der Waals surface area contributed by atoms with Crippen LogP contribution in [0.1, 0.15) is 38.2 Å². The van der Waals surface area contributed by atoms with Crippen LogP contribution in [0.5, 0.6) is 5.75 Å². The predicted octanol–water partition coefficient (Wildman–Crippen LogP) is 5.93. The van der Waals surface area contributed by atoms with Gasteiger partial charge in [-0.1, -0.05) is 18.2 Å². The van der Waals surface area contributed by atoms with Gasteiger partial charge in [0.25, 0.3) is 0 Å². The summed E-state index contributed by atoms with van der Waals surface area (Å²) < 4.78 is 102. The fourth-order valence-electron chi connectivity index (χ4n) is 4.43. The lowest BCUT2D eigenvalue weighted by atomic mass is 10.0. The number of hydrogen-bond donors (Lipinski definition) is 1. The molecule has 1 N–H and O–H groups in total. The first-order chi connectivity index (χ1) is 17.1. The summed E-state index contributed by atoms with van der Waals surface area (Å²) in [6.45, 7) is 0.0949. The highest BCUT2D eigenvalue weighted by Crippen LogP contribution is 2.49. The standard InChI is InChI=1S/C25H26F5NO5S/c1-23(26,27)8-7-16-13-31(17-5-3-2-4-6-17)19-11-18(25(28,29)30)20(12-21(19)37(34,35)14-16)36-15-24(9-10-24)22(32)33/h2-6,11-12,16H,7-10,13-15H2,1H3,(H,32,33)/t16-/m1/s1. The molecule has 0 saturated heterocycles. The molecule has 6 nitrogen and oxygen atoms in total. The van der Waals surface area contributed by atoms with Crippen LogP contribution < -0.4 is 9.64 Å². The minimum Gasteiger partial charge on any atom is -0.492 e. The Bertz CT molecular complexity index is 1270. The molecule has 0 unspecified atom stereocenters. The van der Waals surface area contributed by atoms with E-state index in [2.05, 4.69) is 0 Å². The Morgan fingerprint density at radius 3 is 2.32 bits per heavy atom. The number of rotatable bonds is 8. The summed E-state index contributed by atoms with van der Waals surface area (Å²) in [6.07, 6.45) is -5.20. The van der Waals surface area contributed by atoms with Crippen molar-refractivity contribution in [2.45, 2.75) is 49.6 Å². The van der Waals surface area contributed by atoms with E-state index in [0.29, 0.717) is 11.8 Å².